The molecular formula is C17H18O. The number of allylic oxidation sites excluding steroid dienone is 1. The third-order valence-corrected chi connectivity index (χ3v) is 3.25. The summed E-state index contributed by atoms with van der Waals surface area (Å²) < 4.78 is 0. The Kier molecular flexibility index (Phi) is 3.83. The van der Waals surface area contributed by atoms with Crippen LogP contribution in [0.5, 0.6) is 5.75 Å². The van der Waals surface area contributed by atoms with Crippen LogP contribution in [0.1, 0.15) is 22.3 Å². The molecule has 0 heterocycles. The minimum atomic E-state index is 0.365. The summed E-state index contributed by atoms with van der Waals surface area (Å²) >= 11 is 0. The van der Waals surface area contributed by atoms with Crippen LogP contribution in [0.25, 0.3) is 0 Å². The van der Waals surface area contributed by atoms with Crippen LogP contribution in [0, 0.1) is 6.92 Å². The molecule has 2 rings (SSSR count). The van der Waals surface area contributed by atoms with E-state index in [4.69, 9.17) is 0 Å². The number of phenols is 1. The van der Waals surface area contributed by atoms with E-state index in [1.165, 1.54) is 16.7 Å². The molecule has 0 aromatic heterocycles. The molecule has 2 aromatic carbocycles. The highest BCUT2D eigenvalue weighted by Gasteiger charge is 2.08. The Morgan fingerprint density at radius 1 is 1.11 bits per heavy atom. The lowest BCUT2D eigenvalue weighted by molar-refractivity contribution is 0.470. The molecule has 0 bridgehead atoms. The Hall–Kier alpha value is -2.02. The van der Waals surface area contributed by atoms with Gasteiger partial charge in [-0.3, -0.25) is 0 Å². The molecule has 0 aliphatic heterocycles. The standard InChI is InChI=1S/C17H18O/c1-3-7-16-13(2)17(18)11-10-15(16)12-14-8-5-4-6-9-14/h3-6,8-11,18H,1,7,12H2,2H3. The highest BCUT2D eigenvalue weighted by Crippen LogP contribution is 2.26. The maximum atomic E-state index is 9.78. The number of benzene rings is 2. The number of rotatable bonds is 4. The topological polar surface area (TPSA) is 20.2 Å². The van der Waals surface area contributed by atoms with Gasteiger partial charge in [0.1, 0.15) is 5.75 Å². The molecule has 0 saturated carbocycles. The molecule has 1 heteroatoms. The van der Waals surface area contributed by atoms with Crippen LogP contribution >= 0.6 is 0 Å². The second kappa shape index (κ2) is 5.54. The van der Waals surface area contributed by atoms with Crippen LogP contribution < -0.4 is 0 Å². The van der Waals surface area contributed by atoms with E-state index in [0.29, 0.717) is 5.75 Å². The van der Waals surface area contributed by atoms with Crippen molar-refractivity contribution in [3.05, 3.63) is 77.4 Å². The summed E-state index contributed by atoms with van der Waals surface area (Å²) in [7, 11) is 0. The molecule has 0 aliphatic rings. The summed E-state index contributed by atoms with van der Waals surface area (Å²) in [5.74, 6) is 0.365. The van der Waals surface area contributed by atoms with Gasteiger partial charge in [0, 0.05) is 0 Å². The first-order chi connectivity index (χ1) is 8.72. The van der Waals surface area contributed by atoms with Gasteiger partial charge in [-0.25, -0.2) is 0 Å². The van der Waals surface area contributed by atoms with E-state index in [9.17, 15) is 5.11 Å². The van der Waals surface area contributed by atoms with E-state index in [0.717, 1.165) is 18.4 Å². The third-order valence-electron chi connectivity index (χ3n) is 3.25. The summed E-state index contributed by atoms with van der Waals surface area (Å²) in [4.78, 5) is 0. The molecule has 0 saturated heterocycles. The fraction of sp³-hybridized carbons (Fsp3) is 0.176. The zero-order valence-electron chi connectivity index (χ0n) is 10.7. The monoisotopic (exact) mass is 238 g/mol. The fourth-order valence-corrected chi connectivity index (χ4v) is 2.21. The second-order valence-corrected chi connectivity index (χ2v) is 4.50. The zero-order valence-corrected chi connectivity index (χ0v) is 10.7. The lowest BCUT2D eigenvalue weighted by Crippen LogP contribution is -1.98. The third kappa shape index (κ3) is 2.62. The highest BCUT2D eigenvalue weighted by molar-refractivity contribution is 5.46. The van der Waals surface area contributed by atoms with Gasteiger partial charge in [-0.1, -0.05) is 42.5 Å². The van der Waals surface area contributed by atoms with E-state index in [1.807, 2.05) is 25.1 Å². The number of aromatic hydroxyl groups is 1. The smallest absolute Gasteiger partial charge is 0.118 e. The van der Waals surface area contributed by atoms with Crippen molar-refractivity contribution in [1.29, 1.82) is 0 Å². The number of phenolic OH excluding ortho intramolecular Hbond substituents is 1. The van der Waals surface area contributed by atoms with E-state index >= 15 is 0 Å². The average Bonchev–Trinajstić information content (AvgIpc) is 2.39. The molecule has 0 unspecified atom stereocenters. The van der Waals surface area contributed by atoms with Crippen molar-refractivity contribution in [2.75, 3.05) is 0 Å². The molecule has 1 nitrogen and oxygen atoms in total. The lowest BCUT2D eigenvalue weighted by atomic mass is 9.94. The number of hydrogen-bond donors (Lipinski definition) is 1. The molecule has 2 aromatic rings. The maximum absolute atomic E-state index is 9.78. The van der Waals surface area contributed by atoms with E-state index in [1.54, 1.807) is 6.07 Å². The lowest BCUT2D eigenvalue weighted by Gasteiger charge is -2.12. The number of hydrogen-bond acceptors (Lipinski definition) is 1. The van der Waals surface area contributed by atoms with Crippen LogP contribution in [0.3, 0.4) is 0 Å². The molecule has 0 fully saturated rings. The summed E-state index contributed by atoms with van der Waals surface area (Å²) in [5, 5.41) is 9.78. The first-order valence-electron chi connectivity index (χ1n) is 6.17. The summed E-state index contributed by atoms with van der Waals surface area (Å²) in [6, 6.07) is 14.2. The van der Waals surface area contributed by atoms with Gasteiger partial charge in [0.15, 0.2) is 0 Å². The van der Waals surface area contributed by atoms with Crippen molar-refractivity contribution in [3.8, 4) is 5.75 Å². The van der Waals surface area contributed by atoms with Crippen LogP contribution in [0.2, 0.25) is 0 Å². The van der Waals surface area contributed by atoms with Crippen LogP contribution in [0.4, 0.5) is 0 Å². The highest BCUT2D eigenvalue weighted by atomic mass is 16.3. The Labute approximate surface area is 108 Å². The van der Waals surface area contributed by atoms with Gasteiger partial charge >= 0.3 is 0 Å². The van der Waals surface area contributed by atoms with Gasteiger partial charge < -0.3 is 5.11 Å². The van der Waals surface area contributed by atoms with Gasteiger partial charge in [0.05, 0.1) is 0 Å². The molecule has 92 valence electrons. The van der Waals surface area contributed by atoms with Crippen molar-refractivity contribution < 1.29 is 5.11 Å². The van der Waals surface area contributed by atoms with Gasteiger partial charge in [-0.15, -0.1) is 6.58 Å². The normalized spacial score (nSPS) is 10.3. The van der Waals surface area contributed by atoms with Crippen molar-refractivity contribution in [2.45, 2.75) is 19.8 Å². The van der Waals surface area contributed by atoms with Gasteiger partial charge in [-0.05, 0) is 48.1 Å². The second-order valence-electron chi connectivity index (χ2n) is 4.50. The van der Waals surface area contributed by atoms with E-state index < -0.39 is 0 Å². The molecule has 0 atom stereocenters. The first kappa shape index (κ1) is 12.4. The summed E-state index contributed by atoms with van der Waals surface area (Å²) in [6.07, 6.45) is 3.57. The van der Waals surface area contributed by atoms with Crippen LogP contribution in [-0.2, 0) is 12.8 Å². The minimum Gasteiger partial charge on any atom is -0.508 e. The van der Waals surface area contributed by atoms with Crippen molar-refractivity contribution >= 4 is 0 Å². The summed E-state index contributed by atoms with van der Waals surface area (Å²) in [6.45, 7) is 5.75. The van der Waals surface area contributed by atoms with Crippen LogP contribution in [0.15, 0.2) is 55.1 Å². The maximum Gasteiger partial charge on any atom is 0.118 e. The molecule has 0 radical (unpaired) electrons. The van der Waals surface area contributed by atoms with Gasteiger partial charge in [-0.2, -0.15) is 0 Å². The van der Waals surface area contributed by atoms with Gasteiger partial charge in [0.2, 0.25) is 0 Å². The molecule has 0 amide bonds. The van der Waals surface area contributed by atoms with E-state index in [-0.39, 0.29) is 0 Å². The largest absolute Gasteiger partial charge is 0.508 e. The van der Waals surface area contributed by atoms with E-state index in [2.05, 4.69) is 30.8 Å². The predicted octanol–water partition coefficient (Wildman–Crippen LogP) is 4.02. The zero-order chi connectivity index (χ0) is 13.0. The Morgan fingerprint density at radius 3 is 2.50 bits per heavy atom. The molecule has 18 heavy (non-hydrogen) atoms. The molecule has 1 N–H and O–H groups in total. The van der Waals surface area contributed by atoms with Crippen LogP contribution in [-0.4, -0.2) is 5.11 Å². The average molecular weight is 238 g/mol. The predicted molar refractivity (Wildman–Crippen MR) is 76.0 cm³/mol. The minimum absolute atomic E-state index is 0.365. The summed E-state index contributed by atoms with van der Waals surface area (Å²) in [5.41, 5.74) is 4.70. The SMILES string of the molecule is C=CCc1c(Cc2ccccc2)ccc(O)c1C. The fourth-order valence-electron chi connectivity index (χ4n) is 2.21. The molecule has 0 spiro atoms. The molecule has 0 aliphatic carbocycles. The Bertz CT molecular complexity index is 541. The van der Waals surface area contributed by atoms with Crippen molar-refractivity contribution in [2.24, 2.45) is 0 Å². The van der Waals surface area contributed by atoms with Crippen molar-refractivity contribution in [1.82, 2.24) is 0 Å². The quantitative estimate of drug-likeness (QED) is 0.798. The van der Waals surface area contributed by atoms with Gasteiger partial charge in [0.25, 0.3) is 0 Å². The van der Waals surface area contributed by atoms with Crippen molar-refractivity contribution in [3.63, 3.8) is 0 Å². The first-order valence-corrected chi connectivity index (χ1v) is 6.17. The molecular weight excluding hydrogens is 220 g/mol. The Morgan fingerprint density at radius 2 is 1.83 bits per heavy atom. The Balaban J connectivity index is 2.38.